The standard InChI is InChI=1S/C12H23NS/c1-5-7-8-12(13-6-2)10-14-9-11(3)4/h1,11-13H,6-10H2,2-4H3. The lowest BCUT2D eigenvalue weighted by molar-refractivity contribution is 0.544. The summed E-state index contributed by atoms with van der Waals surface area (Å²) in [7, 11) is 0. The van der Waals surface area contributed by atoms with Crippen molar-refractivity contribution in [2.45, 2.75) is 39.7 Å². The molecule has 0 saturated carbocycles. The molecule has 0 aromatic heterocycles. The van der Waals surface area contributed by atoms with Gasteiger partial charge in [-0.3, -0.25) is 0 Å². The van der Waals surface area contributed by atoms with E-state index < -0.39 is 0 Å². The molecule has 1 unspecified atom stereocenters. The largest absolute Gasteiger partial charge is 0.313 e. The third-order valence-electron chi connectivity index (χ3n) is 1.90. The lowest BCUT2D eigenvalue weighted by atomic mass is 10.2. The highest BCUT2D eigenvalue weighted by Crippen LogP contribution is 2.11. The Morgan fingerprint density at radius 2 is 2.07 bits per heavy atom. The lowest BCUT2D eigenvalue weighted by Crippen LogP contribution is -2.31. The fourth-order valence-corrected chi connectivity index (χ4v) is 2.41. The number of rotatable bonds is 8. The zero-order valence-electron chi connectivity index (χ0n) is 9.68. The molecule has 0 spiro atoms. The van der Waals surface area contributed by atoms with Gasteiger partial charge in [0, 0.05) is 18.2 Å². The van der Waals surface area contributed by atoms with Crippen molar-refractivity contribution in [1.82, 2.24) is 5.32 Å². The van der Waals surface area contributed by atoms with Gasteiger partial charge < -0.3 is 5.32 Å². The van der Waals surface area contributed by atoms with Gasteiger partial charge in [0.1, 0.15) is 0 Å². The molecule has 0 saturated heterocycles. The van der Waals surface area contributed by atoms with E-state index in [4.69, 9.17) is 6.42 Å². The van der Waals surface area contributed by atoms with Gasteiger partial charge in [0.15, 0.2) is 0 Å². The van der Waals surface area contributed by atoms with Crippen molar-refractivity contribution in [3.8, 4) is 12.3 Å². The van der Waals surface area contributed by atoms with E-state index in [-0.39, 0.29) is 0 Å². The SMILES string of the molecule is C#CCCC(CSCC(C)C)NCC. The molecule has 0 aliphatic heterocycles. The number of hydrogen-bond acceptors (Lipinski definition) is 2. The molecule has 0 amide bonds. The number of nitrogens with one attached hydrogen (secondary N) is 1. The molecule has 0 aromatic carbocycles. The second-order valence-electron chi connectivity index (χ2n) is 3.93. The topological polar surface area (TPSA) is 12.0 Å². The van der Waals surface area contributed by atoms with Gasteiger partial charge in [-0.1, -0.05) is 20.8 Å². The lowest BCUT2D eigenvalue weighted by Gasteiger charge is -2.16. The number of hydrogen-bond donors (Lipinski definition) is 1. The monoisotopic (exact) mass is 213 g/mol. The van der Waals surface area contributed by atoms with E-state index in [0.717, 1.165) is 25.3 Å². The molecule has 0 radical (unpaired) electrons. The summed E-state index contributed by atoms with van der Waals surface area (Å²) in [6.45, 7) is 7.71. The van der Waals surface area contributed by atoms with Crippen LogP contribution in [0.25, 0.3) is 0 Å². The second kappa shape index (κ2) is 9.43. The van der Waals surface area contributed by atoms with E-state index in [1.165, 1.54) is 11.5 Å². The highest BCUT2D eigenvalue weighted by Gasteiger charge is 2.06. The summed E-state index contributed by atoms with van der Waals surface area (Å²) in [6, 6.07) is 0.597. The van der Waals surface area contributed by atoms with Gasteiger partial charge in [-0.2, -0.15) is 11.8 Å². The van der Waals surface area contributed by atoms with E-state index >= 15 is 0 Å². The second-order valence-corrected chi connectivity index (χ2v) is 5.00. The van der Waals surface area contributed by atoms with E-state index in [2.05, 4.69) is 32.0 Å². The molecule has 1 atom stereocenters. The first-order valence-corrected chi connectivity index (χ1v) is 6.60. The minimum atomic E-state index is 0.597. The van der Waals surface area contributed by atoms with Gasteiger partial charge in [-0.25, -0.2) is 0 Å². The van der Waals surface area contributed by atoms with E-state index in [1.54, 1.807) is 0 Å². The van der Waals surface area contributed by atoms with Crippen LogP contribution in [-0.2, 0) is 0 Å². The van der Waals surface area contributed by atoms with Crippen molar-refractivity contribution in [3.63, 3.8) is 0 Å². The van der Waals surface area contributed by atoms with Crippen LogP contribution in [0.3, 0.4) is 0 Å². The molecule has 0 aliphatic carbocycles. The molecule has 0 rings (SSSR count). The van der Waals surface area contributed by atoms with Crippen LogP contribution in [0, 0.1) is 18.3 Å². The zero-order chi connectivity index (χ0) is 10.8. The molecular formula is C12H23NS. The average molecular weight is 213 g/mol. The Morgan fingerprint density at radius 3 is 2.57 bits per heavy atom. The Hall–Kier alpha value is -0.130. The highest BCUT2D eigenvalue weighted by molar-refractivity contribution is 7.99. The van der Waals surface area contributed by atoms with Gasteiger partial charge in [-0.15, -0.1) is 12.3 Å². The van der Waals surface area contributed by atoms with E-state index in [1.807, 2.05) is 11.8 Å². The predicted molar refractivity (Wildman–Crippen MR) is 67.7 cm³/mol. The molecular weight excluding hydrogens is 190 g/mol. The first kappa shape index (κ1) is 13.9. The molecule has 1 nitrogen and oxygen atoms in total. The summed E-state index contributed by atoms with van der Waals surface area (Å²) >= 11 is 2.03. The molecule has 0 heterocycles. The molecule has 82 valence electrons. The molecule has 1 N–H and O–H groups in total. The summed E-state index contributed by atoms with van der Waals surface area (Å²) in [6.07, 6.45) is 7.26. The van der Waals surface area contributed by atoms with Crippen molar-refractivity contribution in [2.24, 2.45) is 5.92 Å². The van der Waals surface area contributed by atoms with Gasteiger partial charge in [0.05, 0.1) is 0 Å². The Morgan fingerprint density at radius 1 is 1.36 bits per heavy atom. The van der Waals surface area contributed by atoms with E-state index in [0.29, 0.717) is 6.04 Å². The fourth-order valence-electron chi connectivity index (χ4n) is 1.24. The van der Waals surface area contributed by atoms with Crippen molar-refractivity contribution >= 4 is 11.8 Å². The summed E-state index contributed by atoms with van der Waals surface area (Å²) < 4.78 is 0. The van der Waals surface area contributed by atoms with E-state index in [9.17, 15) is 0 Å². The Kier molecular flexibility index (Phi) is 9.34. The molecule has 0 aliphatic rings. The van der Waals surface area contributed by atoms with Crippen LogP contribution in [0.4, 0.5) is 0 Å². The van der Waals surface area contributed by atoms with Crippen LogP contribution in [-0.4, -0.2) is 24.1 Å². The van der Waals surface area contributed by atoms with Crippen LogP contribution in [0.15, 0.2) is 0 Å². The minimum Gasteiger partial charge on any atom is -0.313 e. The van der Waals surface area contributed by atoms with Crippen LogP contribution < -0.4 is 5.32 Å². The molecule has 14 heavy (non-hydrogen) atoms. The normalized spacial score (nSPS) is 12.8. The maximum Gasteiger partial charge on any atom is 0.0167 e. The average Bonchev–Trinajstić information content (AvgIpc) is 2.13. The van der Waals surface area contributed by atoms with Gasteiger partial charge >= 0.3 is 0 Å². The molecule has 2 heteroatoms. The van der Waals surface area contributed by atoms with Gasteiger partial charge in [0.2, 0.25) is 0 Å². The predicted octanol–water partition coefficient (Wildman–Crippen LogP) is 2.77. The van der Waals surface area contributed by atoms with Crippen LogP contribution in [0.1, 0.15) is 33.6 Å². The Labute approximate surface area is 93.4 Å². The highest BCUT2D eigenvalue weighted by atomic mass is 32.2. The molecule has 0 fully saturated rings. The van der Waals surface area contributed by atoms with Gasteiger partial charge in [-0.05, 0) is 24.6 Å². The van der Waals surface area contributed by atoms with Crippen molar-refractivity contribution < 1.29 is 0 Å². The number of thioether (sulfide) groups is 1. The third-order valence-corrected chi connectivity index (χ3v) is 3.44. The maximum atomic E-state index is 5.27. The fraction of sp³-hybridized carbons (Fsp3) is 0.833. The van der Waals surface area contributed by atoms with Crippen molar-refractivity contribution in [3.05, 3.63) is 0 Å². The maximum absolute atomic E-state index is 5.27. The Bertz CT molecular complexity index is 160. The summed E-state index contributed by atoms with van der Waals surface area (Å²) in [5, 5.41) is 3.47. The molecule has 0 bridgehead atoms. The van der Waals surface area contributed by atoms with Crippen LogP contribution in [0.5, 0.6) is 0 Å². The quantitative estimate of drug-likeness (QED) is 0.622. The third kappa shape index (κ3) is 8.47. The smallest absolute Gasteiger partial charge is 0.0167 e. The Balaban J connectivity index is 3.57. The summed E-state index contributed by atoms with van der Waals surface area (Å²) in [4.78, 5) is 0. The van der Waals surface area contributed by atoms with Crippen molar-refractivity contribution in [2.75, 3.05) is 18.1 Å². The molecule has 0 aromatic rings. The zero-order valence-corrected chi connectivity index (χ0v) is 10.5. The first-order chi connectivity index (χ1) is 6.70. The minimum absolute atomic E-state index is 0.597. The van der Waals surface area contributed by atoms with Gasteiger partial charge in [0.25, 0.3) is 0 Å². The van der Waals surface area contributed by atoms with Crippen LogP contribution >= 0.6 is 11.8 Å². The van der Waals surface area contributed by atoms with Crippen LogP contribution in [0.2, 0.25) is 0 Å². The first-order valence-electron chi connectivity index (χ1n) is 5.45. The summed E-state index contributed by atoms with van der Waals surface area (Å²) in [5.41, 5.74) is 0. The number of terminal acetylenes is 1. The van der Waals surface area contributed by atoms with Crippen molar-refractivity contribution in [1.29, 1.82) is 0 Å². The summed E-state index contributed by atoms with van der Waals surface area (Å²) in [5.74, 6) is 5.93.